The van der Waals surface area contributed by atoms with Gasteiger partial charge in [-0.25, -0.2) is 0 Å². The fourth-order valence-corrected chi connectivity index (χ4v) is 2.58. The van der Waals surface area contributed by atoms with Crippen LogP contribution < -0.4 is 0 Å². The third kappa shape index (κ3) is 3.01. The second-order valence-corrected chi connectivity index (χ2v) is 4.69. The molecule has 2 nitrogen and oxygen atoms in total. The van der Waals surface area contributed by atoms with Crippen molar-refractivity contribution in [3.63, 3.8) is 0 Å². The maximum atomic E-state index is 11.0. The van der Waals surface area contributed by atoms with Crippen LogP contribution in [0, 0.1) is 0 Å². The average molecular weight is 246 g/mol. The molecule has 0 unspecified atom stereocenters. The molecule has 0 heterocycles. The van der Waals surface area contributed by atoms with Crippen LogP contribution in [0.15, 0.2) is 42.5 Å². The Bertz CT molecular complexity index is 517. The van der Waals surface area contributed by atoms with Crippen molar-refractivity contribution in [1.82, 2.24) is 0 Å². The van der Waals surface area contributed by atoms with E-state index in [4.69, 9.17) is 0 Å². The first-order valence-corrected chi connectivity index (χ1v) is 6.58. The van der Waals surface area contributed by atoms with E-state index >= 15 is 0 Å². The van der Waals surface area contributed by atoms with Gasteiger partial charge in [0.15, 0.2) is 0 Å². The summed E-state index contributed by atoms with van der Waals surface area (Å²) in [5.74, 6) is 1.06. The zero-order valence-corrected chi connectivity index (χ0v) is 10.5. The molecule has 0 spiro atoms. The Hall–Kier alpha value is -1.48. The van der Waals surface area contributed by atoms with Gasteiger partial charge in [0.25, 0.3) is 0 Å². The molecule has 3 heteroatoms. The van der Waals surface area contributed by atoms with Crippen molar-refractivity contribution in [2.45, 2.75) is 5.75 Å². The molecule has 0 aliphatic rings. The number of carbonyl (C=O) groups is 1. The molecule has 0 aliphatic carbocycles. The van der Waals surface area contributed by atoms with E-state index in [1.807, 2.05) is 12.1 Å². The number of benzene rings is 2. The van der Waals surface area contributed by atoms with Crippen molar-refractivity contribution >= 4 is 28.5 Å². The molecule has 0 amide bonds. The fourth-order valence-electron chi connectivity index (χ4n) is 1.72. The van der Waals surface area contributed by atoms with Crippen molar-refractivity contribution in [3.05, 3.63) is 48.0 Å². The van der Waals surface area contributed by atoms with Crippen molar-refractivity contribution in [1.29, 1.82) is 0 Å². The predicted octanol–water partition coefficient (Wildman–Crippen LogP) is 3.25. The number of fused-ring (bicyclic) bond motifs is 1. The summed E-state index contributed by atoms with van der Waals surface area (Å²) in [6.07, 6.45) is 0. The maximum absolute atomic E-state index is 11.0. The van der Waals surface area contributed by atoms with Crippen LogP contribution in [0.5, 0.6) is 0 Å². The van der Waals surface area contributed by atoms with Gasteiger partial charge < -0.3 is 4.74 Å². The van der Waals surface area contributed by atoms with Crippen LogP contribution in [0.3, 0.4) is 0 Å². The van der Waals surface area contributed by atoms with E-state index in [0.717, 1.165) is 5.75 Å². The Labute approximate surface area is 105 Å². The van der Waals surface area contributed by atoms with Crippen molar-refractivity contribution in [2.75, 3.05) is 12.9 Å². The molecule has 0 saturated carbocycles. The fraction of sp³-hybridized carbons (Fsp3) is 0.214. The van der Waals surface area contributed by atoms with E-state index in [1.165, 1.54) is 23.4 Å². The molecule has 0 bridgehead atoms. The van der Waals surface area contributed by atoms with Gasteiger partial charge in [0.1, 0.15) is 0 Å². The van der Waals surface area contributed by atoms with Crippen LogP contribution in [0.1, 0.15) is 5.56 Å². The number of rotatable bonds is 4. The van der Waals surface area contributed by atoms with Gasteiger partial charge in [0.2, 0.25) is 0 Å². The lowest BCUT2D eigenvalue weighted by molar-refractivity contribution is -0.137. The van der Waals surface area contributed by atoms with Gasteiger partial charge >= 0.3 is 5.97 Å². The molecule has 2 aromatic rings. The number of methoxy groups -OCH3 is 1. The third-order valence-electron chi connectivity index (χ3n) is 2.59. The average Bonchev–Trinajstić information content (AvgIpc) is 2.39. The molecule has 17 heavy (non-hydrogen) atoms. The Morgan fingerprint density at radius 3 is 2.76 bits per heavy atom. The lowest BCUT2D eigenvalue weighted by Crippen LogP contribution is -2.03. The smallest absolute Gasteiger partial charge is 0.315 e. The monoisotopic (exact) mass is 246 g/mol. The minimum Gasteiger partial charge on any atom is -0.468 e. The van der Waals surface area contributed by atoms with Crippen LogP contribution in [-0.4, -0.2) is 18.8 Å². The number of esters is 1. The van der Waals surface area contributed by atoms with Gasteiger partial charge in [0, 0.05) is 5.75 Å². The summed E-state index contributed by atoms with van der Waals surface area (Å²) in [6, 6.07) is 14.5. The Balaban J connectivity index is 2.11. The third-order valence-corrected chi connectivity index (χ3v) is 3.54. The highest BCUT2D eigenvalue weighted by atomic mass is 32.2. The van der Waals surface area contributed by atoms with Gasteiger partial charge in [-0.15, -0.1) is 11.8 Å². The van der Waals surface area contributed by atoms with Crippen LogP contribution in [0.2, 0.25) is 0 Å². The number of carbonyl (C=O) groups excluding carboxylic acids is 1. The minimum absolute atomic E-state index is 0.171. The van der Waals surface area contributed by atoms with E-state index in [-0.39, 0.29) is 5.97 Å². The first kappa shape index (κ1) is 12.0. The number of thioether (sulfide) groups is 1. The molecule has 88 valence electrons. The summed E-state index contributed by atoms with van der Waals surface area (Å²) in [5, 5.41) is 2.50. The number of hydrogen-bond donors (Lipinski definition) is 0. The van der Waals surface area contributed by atoms with E-state index in [2.05, 4.69) is 35.1 Å². The second kappa shape index (κ2) is 5.73. The molecule has 0 radical (unpaired) electrons. The van der Waals surface area contributed by atoms with Crippen molar-refractivity contribution in [3.8, 4) is 0 Å². The van der Waals surface area contributed by atoms with Gasteiger partial charge in [-0.1, -0.05) is 42.5 Å². The molecule has 2 rings (SSSR count). The summed E-state index contributed by atoms with van der Waals surface area (Å²) in [6.45, 7) is 0. The zero-order valence-electron chi connectivity index (χ0n) is 9.68. The molecule has 0 atom stereocenters. The molecule has 0 fully saturated rings. The van der Waals surface area contributed by atoms with E-state index in [1.54, 1.807) is 11.8 Å². The molecule has 2 aromatic carbocycles. The normalized spacial score (nSPS) is 10.4. The highest BCUT2D eigenvalue weighted by molar-refractivity contribution is 7.99. The Kier molecular flexibility index (Phi) is 4.04. The van der Waals surface area contributed by atoms with Crippen LogP contribution >= 0.6 is 11.8 Å². The topological polar surface area (TPSA) is 26.3 Å². The maximum Gasteiger partial charge on any atom is 0.315 e. The lowest BCUT2D eigenvalue weighted by Gasteiger charge is -2.05. The quantitative estimate of drug-likeness (QED) is 0.775. The summed E-state index contributed by atoms with van der Waals surface area (Å²) in [4.78, 5) is 11.0. The van der Waals surface area contributed by atoms with Crippen molar-refractivity contribution in [2.24, 2.45) is 0 Å². The van der Waals surface area contributed by atoms with Crippen LogP contribution in [0.25, 0.3) is 10.8 Å². The summed E-state index contributed by atoms with van der Waals surface area (Å²) in [5.41, 5.74) is 1.26. The molecule has 0 aromatic heterocycles. The van der Waals surface area contributed by atoms with Crippen LogP contribution in [0.4, 0.5) is 0 Å². The Morgan fingerprint density at radius 1 is 1.18 bits per heavy atom. The summed E-state index contributed by atoms with van der Waals surface area (Å²) >= 11 is 1.58. The van der Waals surface area contributed by atoms with Gasteiger partial charge in [-0.05, 0) is 16.3 Å². The summed E-state index contributed by atoms with van der Waals surface area (Å²) in [7, 11) is 1.42. The molecular weight excluding hydrogens is 232 g/mol. The van der Waals surface area contributed by atoms with Crippen molar-refractivity contribution < 1.29 is 9.53 Å². The van der Waals surface area contributed by atoms with Gasteiger partial charge in [-0.3, -0.25) is 4.79 Å². The number of hydrogen-bond acceptors (Lipinski definition) is 3. The highest BCUT2D eigenvalue weighted by Crippen LogP contribution is 2.22. The van der Waals surface area contributed by atoms with E-state index < -0.39 is 0 Å². The molecule has 0 N–H and O–H groups in total. The highest BCUT2D eigenvalue weighted by Gasteiger charge is 2.03. The first-order chi connectivity index (χ1) is 8.31. The largest absolute Gasteiger partial charge is 0.468 e. The van der Waals surface area contributed by atoms with Crippen LogP contribution in [-0.2, 0) is 15.3 Å². The van der Waals surface area contributed by atoms with E-state index in [9.17, 15) is 4.79 Å². The van der Waals surface area contributed by atoms with Gasteiger partial charge in [-0.2, -0.15) is 0 Å². The lowest BCUT2D eigenvalue weighted by atomic mass is 10.1. The number of ether oxygens (including phenoxy) is 1. The molecular formula is C14H14O2S. The predicted molar refractivity (Wildman–Crippen MR) is 72.1 cm³/mol. The summed E-state index contributed by atoms with van der Waals surface area (Å²) < 4.78 is 4.62. The Morgan fingerprint density at radius 2 is 1.94 bits per heavy atom. The van der Waals surface area contributed by atoms with Gasteiger partial charge in [0.05, 0.1) is 12.9 Å². The van der Waals surface area contributed by atoms with E-state index in [0.29, 0.717) is 5.75 Å². The standard InChI is InChI=1S/C14H14O2S/c1-16-14(15)10-17-9-12-7-4-6-11-5-2-3-8-13(11)12/h2-8H,9-10H2,1H3. The second-order valence-electron chi connectivity index (χ2n) is 3.71. The zero-order chi connectivity index (χ0) is 12.1. The molecule has 0 aliphatic heterocycles. The first-order valence-electron chi connectivity index (χ1n) is 5.42. The molecule has 0 saturated heterocycles. The SMILES string of the molecule is COC(=O)CSCc1cccc2ccccc12. The minimum atomic E-state index is -0.171.